The predicted molar refractivity (Wildman–Crippen MR) is 77.5 cm³/mol. The smallest absolute Gasteiger partial charge is 0.327 e. The van der Waals surface area contributed by atoms with Crippen molar-refractivity contribution in [3.05, 3.63) is 29.8 Å². The number of amidine groups is 1. The number of hydrogen-bond acceptors (Lipinski definition) is 3. The lowest BCUT2D eigenvalue weighted by Crippen LogP contribution is -2.41. The fraction of sp³-hybridized carbons (Fsp3) is 0.385. The van der Waals surface area contributed by atoms with Gasteiger partial charge in [0.05, 0.1) is 12.2 Å². The number of urea groups is 1. The number of carbonyl (C=O) groups excluding carboxylic acids is 1. The van der Waals surface area contributed by atoms with Crippen molar-refractivity contribution >= 4 is 28.6 Å². The van der Waals surface area contributed by atoms with Gasteiger partial charge in [-0.3, -0.25) is 4.99 Å². The number of amides is 2. The minimum Gasteiger partial charge on any atom is -0.340 e. The molecular weight excluding hydrogens is 246 g/mol. The molecule has 0 aromatic heterocycles. The summed E-state index contributed by atoms with van der Waals surface area (Å²) in [5.41, 5.74) is 1.98. The fourth-order valence-electron chi connectivity index (χ4n) is 1.78. The van der Waals surface area contributed by atoms with Gasteiger partial charge in [-0.1, -0.05) is 30.8 Å². The summed E-state index contributed by atoms with van der Waals surface area (Å²) in [5.74, 6) is 0. The van der Waals surface area contributed by atoms with Crippen molar-refractivity contribution in [1.29, 1.82) is 0 Å². The molecule has 18 heavy (non-hydrogen) atoms. The van der Waals surface area contributed by atoms with Crippen molar-refractivity contribution in [2.45, 2.75) is 19.1 Å². The molecule has 2 amide bonds. The van der Waals surface area contributed by atoms with Crippen LogP contribution in [0.3, 0.4) is 0 Å². The van der Waals surface area contributed by atoms with E-state index in [1.165, 1.54) is 0 Å². The first-order chi connectivity index (χ1) is 8.61. The molecule has 0 fully saturated rings. The maximum Gasteiger partial charge on any atom is 0.327 e. The van der Waals surface area contributed by atoms with Crippen molar-refractivity contribution in [3.63, 3.8) is 0 Å². The van der Waals surface area contributed by atoms with Gasteiger partial charge >= 0.3 is 6.03 Å². The van der Waals surface area contributed by atoms with Gasteiger partial charge < -0.3 is 5.32 Å². The molecule has 96 valence electrons. The standard InChI is InChI=1S/C13H17N3OS/c1-9-5-4-6-11(7-9)16(12(17)14-3)13-15-8-10(2)18-13/h4-7,10H,8H2,1-3H3,(H,14,17)/t10-/m0/s1. The van der Waals surface area contributed by atoms with Crippen molar-refractivity contribution < 1.29 is 4.79 Å². The van der Waals surface area contributed by atoms with E-state index in [0.29, 0.717) is 5.25 Å². The van der Waals surface area contributed by atoms with E-state index in [9.17, 15) is 4.79 Å². The van der Waals surface area contributed by atoms with E-state index < -0.39 is 0 Å². The van der Waals surface area contributed by atoms with Gasteiger partial charge in [-0.15, -0.1) is 0 Å². The topological polar surface area (TPSA) is 44.7 Å². The Hall–Kier alpha value is -1.49. The zero-order valence-electron chi connectivity index (χ0n) is 10.8. The first kappa shape index (κ1) is 13.0. The van der Waals surface area contributed by atoms with Gasteiger partial charge in [-0.05, 0) is 24.6 Å². The second kappa shape index (κ2) is 5.44. The highest BCUT2D eigenvalue weighted by Gasteiger charge is 2.26. The maximum absolute atomic E-state index is 12.0. The van der Waals surface area contributed by atoms with Crippen LogP contribution in [-0.2, 0) is 0 Å². The molecule has 0 saturated carbocycles. The Bertz CT molecular complexity index is 487. The largest absolute Gasteiger partial charge is 0.340 e. The molecule has 2 rings (SSSR count). The van der Waals surface area contributed by atoms with Crippen molar-refractivity contribution in [1.82, 2.24) is 5.32 Å². The zero-order valence-corrected chi connectivity index (χ0v) is 11.6. The Kier molecular flexibility index (Phi) is 3.91. The summed E-state index contributed by atoms with van der Waals surface area (Å²) in [7, 11) is 1.63. The summed E-state index contributed by atoms with van der Waals surface area (Å²) in [4.78, 5) is 18.1. The number of aryl methyl sites for hydroxylation is 1. The lowest BCUT2D eigenvalue weighted by atomic mass is 10.2. The molecule has 0 saturated heterocycles. The molecule has 0 bridgehead atoms. The molecule has 0 aliphatic carbocycles. The normalized spacial score (nSPS) is 18.4. The molecule has 1 aliphatic rings. The molecule has 0 unspecified atom stereocenters. The molecule has 1 atom stereocenters. The van der Waals surface area contributed by atoms with Gasteiger partial charge in [-0.2, -0.15) is 0 Å². The number of benzene rings is 1. The Morgan fingerprint density at radius 3 is 2.89 bits per heavy atom. The van der Waals surface area contributed by atoms with Crippen LogP contribution in [0.5, 0.6) is 0 Å². The minimum atomic E-state index is -0.152. The summed E-state index contributed by atoms with van der Waals surface area (Å²) in [5, 5.41) is 3.87. The molecule has 5 heteroatoms. The molecule has 0 spiro atoms. The average Bonchev–Trinajstić information content (AvgIpc) is 2.76. The number of rotatable bonds is 1. The third-order valence-corrected chi connectivity index (χ3v) is 3.73. The second-order valence-electron chi connectivity index (χ2n) is 4.28. The molecule has 1 N–H and O–H groups in total. The number of aliphatic imine (C=N–C) groups is 1. The molecule has 1 aromatic carbocycles. The van der Waals surface area contributed by atoms with Crippen LogP contribution < -0.4 is 10.2 Å². The van der Waals surface area contributed by atoms with Gasteiger partial charge in [0.2, 0.25) is 0 Å². The second-order valence-corrected chi connectivity index (χ2v) is 5.69. The quantitative estimate of drug-likeness (QED) is 0.846. The molecule has 1 heterocycles. The van der Waals surface area contributed by atoms with Crippen LogP contribution in [0.1, 0.15) is 12.5 Å². The van der Waals surface area contributed by atoms with E-state index in [1.807, 2.05) is 31.2 Å². The predicted octanol–water partition coefficient (Wildman–Crippen LogP) is 2.63. The molecule has 1 aliphatic heterocycles. The summed E-state index contributed by atoms with van der Waals surface area (Å²) < 4.78 is 0. The third-order valence-electron chi connectivity index (χ3n) is 2.66. The Balaban J connectivity index is 2.34. The van der Waals surface area contributed by atoms with E-state index in [1.54, 1.807) is 23.7 Å². The van der Waals surface area contributed by atoms with Crippen molar-refractivity contribution in [2.24, 2.45) is 4.99 Å². The Labute approximate surface area is 111 Å². The van der Waals surface area contributed by atoms with E-state index in [2.05, 4.69) is 17.2 Å². The highest BCUT2D eigenvalue weighted by Crippen LogP contribution is 2.27. The summed E-state index contributed by atoms with van der Waals surface area (Å²) in [6.07, 6.45) is 0. The average molecular weight is 263 g/mol. The number of hydrogen-bond donors (Lipinski definition) is 1. The van der Waals surface area contributed by atoms with Crippen LogP contribution in [0.2, 0.25) is 0 Å². The van der Waals surface area contributed by atoms with Crippen LogP contribution in [0, 0.1) is 6.92 Å². The highest BCUT2D eigenvalue weighted by molar-refractivity contribution is 8.15. The van der Waals surface area contributed by atoms with Crippen LogP contribution in [-0.4, -0.2) is 30.0 Å². The first-order valence-corrected chi connectivity index (χ1v) is 6.79. The van der Waals surface area contributed by atoms with Crippen molar-refractivity contribution in [3.8, 4) is 0 Å². The number of thioether (sulfide) groups is 1. The van der Waals surface area contributed by atoms with Gasteiger partial charge in [-0.25, -0.2) is 9.69 Å². The summed E-state index contributed by atoms with van der Waals surface area (Å²) in [6.45, 7) is 4.89. The molecular formula is C13H17N3OS. The monoisotopic (exact) mass is 263 g/mol. The van der Waals surface area contributed by atoms with Crippen LogP contribution >= 0.6 is 11.8 Å². The molecule has 0 radical (unpaired) electrons. The van der Waals surface area contributed by atoms with Gasteiger partial charge in [0, 0.05) is 12.3 Å². The molecule has 4 nitrogen and oxygen atoms in total. The number of carbonyl (C=O) groups is 1. The van der Waals surface area contributed by atoms with Gasteiger partial charge in [0.1, 0.15) is 0 Å². The van der Waals surface area contributed by atoms with Gasteiger partial charge in [0.15, 0.2) is 5.17 Å². The lowest BCUT2D eigenvalue weighted by Gasteiger charge is -2.22. The first-order valence-electron chi connectivity index (χ1n) is 5.91. The van der Waals surface area contributed by atoms with E-state index >= 15 is 0 Å². The highest BCUT2D eigenvalue weighted by atomic mass is 32.2. The Morgan fingerprint density at radius 1 is 1.56 bits per heavy atom. The van der Waals surface area contributed by atoms with E-state index in [0.717, 1.165) is 23.0 Å². The minimum absolute atomic E-state index is 0.152. The van der Waals surface area contributed by atoms with Crippen LogP contribution in [0.15, 0.2) is 29.3 Å². The summed E-state index contributed by atoms with van der Waals surface area (Å²) in [6, 6.07) is 7.72. The zero-order chi connectivity index (χ0) is 13.1. The Morgan fingerprint density at radius 2 is 2.33 bits per heavy atom. The number of anilines is 1. The third kappa shape index (κ3) is 2.67. The number of nitrogens with zero attached hydrogens (tertiary/aromatic N) is 2. The summed E-state index contributed by atoms with van der Waals surface area (Å²) >= 11 is 1.63. The maximum atomic E-state index is 12.0. The fourth-order valence-corrected chi connectivity index (χ4v) is 2.73. The SMILES string of the molecule is CNC(=O)N(C1=NC[C@H](C)S1)c1cccc(C)c1. The molecule has 1 aromatic rings. The van der Waals surface area contributed by atoms with Crippen molar-refractivity contribution in [2.75, 3.05) is 18.5 Å². The van der Waals surface area contributed by atoms with Gasteiger partial charge in [0.25, 0.3) is 0 Å². The lowest BCUT2D eigenvalue weighted by molar-refractivity contribution is 0.251. The van der Waals surface area contributed by atoms with E-state index in [-0.39, 0.29) is 6.03 Å². The van der Waals surface area contributed by atoms with Crippen LogP contribution in [0.4, 0.5) is 10.5 Å². The van der Waals surface area contributed by atoms with E-state index in [4.69, 9.17) is 0 Å². The number of nitrogens with one attached hydrogen (secondary N) is 1. The van der Waals surface area contributed by atoms with Crippen LogP contribution in [0.25, 0.3) is 0 Å².